The van der Waals surface area contributed by atoms with Gasteiger partial charge in [-0.15, -0.1) is 0 Å². The zero-order valence-electron chi connectivity index (χ0n) is 16.1. The molecule has 4 aliphatic rings. The van der Waals surface area contributed by atoms with Crippen molar-refractivity contribution >= 4 is 27.7 Å². The minimum absolute atomic E-state index is 0.0369. The van der Waals surface area contributed by atoms with Crippen LogP contribution in [0.2, 0.25) is 0 Å². The third-order valence-corrected chi connectivity index (χ3v) is 7.35. The van der Waals surface area contributed by atoms with Crippen molar-refractivity contribution in [1.29, 1.82) is 0 Å². The second kappa shape index (κ2) is 5.12. The van der Waals surface area contributed by atoms with Crippen LogP contribution in [0.5, 0.6) is 0 Å². The molecule has 5 heteroatoms. The lowest BCUT2D eigenvalue weighted by Gasteiger charge is -2.32. The van der Waals surface area contributed by atoms with Crippen molar-refractivity contribution in [3.8, 4) is 11.1 Å². The molecule has 1 saturated heterocycles. The first-order chi connectivity index (χ1) is 14.8. The van der Waals surface area contributed by atoms with Gasteiger partial charge in [0.25, 0.3) is 5.91 Å². The Kier molecular flexibility index (Phi) is 2.67. The first kappa shape index (κ1) is 15.7. The van der Waals surface area contributed by atoms with Crippen LogP contribution in [-0.4, -0.2) is 29.8 Å². The number of nitrogens with one attached hydrogen (secondary N) is 1. The van der Waals surface area contributed by atoms with Crippen LogP contribution in [0.15, 0.2) is 48.5 Å². The summed E-state index contributed by atoms with van der Waals surface area (Å²) in [6.07, 6.45) is -0.216. The first-order valence-electron chi connectivity index (χ1n) is 10.5. The minimum atomic E-state index is -0.156. The average Bonchev–Trinajstić information content (AvgIpc) is 3.41. The van der Waals surface area contributed by atoms with E-state index in [1.165, 1.54) is 27.4 Å². The zero-order valence-corrected chi connectivity index (χ0v) is 16.1. The number of amides is 1. The smallest absolute Gasteiger partial charge is 0.252 e. The van der Waals surface area contributed by atoms with E-state index in [4.69, 9.17) is 9.47 Å². The molecule has 1 aliphatic carbocycles. The minimum Gasteiger partial charge on any atom is -0.374 e. The lowest BCUT2D eigenvalue weighted by molar-refractivity contribution is -0.166. The zero-order chi connectivity index (χ0) is 19.6. The fourth-order valence-corrected chi connectivity index (χ4v) is 6.34. The van der Waals surface area contributed by atoms with Gasteiger partial charge in [-0.05, 0) is 28.3 Å². The van der Waals surface area contributed by atoms with Gasteiger partial charge in [0.2, 0.25) is 0 Å². The maximum atomic E-state index is 13.1. The number of aromatic nitrogens is 1. The molecule has 3 aromatic carbocycles. The molecule has 3 atom stereocenters. The molecule has 146 valence electrons. The lowest BCUT2D eigenvalue weighted by atomic mass is 9.87. The third kappa shape index (κ3) is 1.60. The summed E-state index contributed by atoms with van der Waals surface area (Å²) in [6, 6.07) is 17.0. The van der Waals surface area contributed by atoms with E-state index in [1.807, 2.05) is 0 Å². The van der Waals surface area contributed by atoms with E-state index in [-0.39, 0.29) is 24.2 Å². The van der Waals surface area contributed by atoms with E-state index in [9.17, 15) is 4.79 Å². The van der Waals surface area contributed by atoms with Gasteiger partial charge in [-0.2, -0.15) is 0 Å². The number of hydrogen-bond donors (Lipinski definition) is 1. The maximum Gasteiger partial charge on any atom is 0.252 e. The van der Waals surface area contributed by atoms with Crippen LogP contribution in [0, 0.1) is 0 Å². The van der Waals surface area contributed by atoms with Crippen molar-refractivity contribution in [1.82, 2.24) is 9.88 Å². The van der Waals surface area contributed by atoms with Gasteiger partial charge in [-0.1, -0.05) is 42.5 Å². The molecule has 8 rings (SSSR count). The van der Waals surface area contributed by atoms with E-state index >= 15 is 0 Å². The number of carbonyl (C=O) groups excluding carboxylic acids is 1. The predicted octanol–water partition coefficient (Wildman–Crippen LogP) is 4.08. The van der Waals surface area contributed by atoms with Crippen molar-refractivity contribution in [2.45, 2.75) is 24.8 Å². The van der Waals surface area contributed by atoms with E-state index in [0.29, 0.717) is 19.8 Å². The van der Waals surface area contributed by atoms with Crippen LogP contribution >= 0.6 is 0 Å². The van der Waals surface area contributed by atoms with E-state index < -0.39 is 0 Å². The summed E-state index contributed by atoms with van der Waals surface area (Å²) in [5.74, 6) is 0.112. The number of ether oxygens (including phenoxy) is 2. The molecule has 0 spiro atoms. The van der Waals surface area contributed by atoms with Crippen molar-refractivity contribution in [3.05, 3.63) is 70.8 Å². The van der Waals surface area contributed by atoms with Gasteiger partial charge < -0.3 is 19.4 Å². The molecule has 5 nitrogen and oxygen atoms in total. The van der Waals surface area contributed by atoms with Gasteiger partial charge in [0.05, 0.1) is 35.9 Å². The number of nitrogens with zero attached hydrogens (tertiary/aromatic N) is 1. The van der Waals surface area contributed by atoms with Crippen molar-refractivity contribution < 1.29 is 14.3 Å². The number of benzene rings is 3. The SMILES string of the molecule is O=C1NCc2c1c1c3c4c2c2ccccc2n4C2COCC(O2)C3c2ccccc2-1. The molecule has 1 amide bonds. The van der Waals surface area contributed by atoms with E-state index in [2.05, 4.69) is 58.4 Å². The third-order valence-electron chi connectivity index (χ3n) is 7.35. The van der Waals surface area contributed by atoms with Gasteiger partial charge >= 0.3 is 0 Å². The van der Waals surface area contributed by atoms with Crippen LogP contribution in [0.4, 0.5) is 0 Å². The molecule has 1 aromatic heterocycles. The first-order valence-corrected chi connectivity index (χ1v) is 10.5. The lowest BCUT2D eigenvalue weighted by Crippen LogP contribution is -2.35. The molecule has 30 heavy (non-hydrogen) atoms. The average molecular weight is 394 g/mol. The van der Waals surface area contributed by atoms with Gasteiger partial charge in [0, 0.05) is 28.8 Å². The second-order valence-electron chi connectivity index (χ2n) is 8.67. The highest BCUT2D eigenvalue weighted by Gasteiger charge is 2.47. The van der Waals surface area contributed by atoms with Gasteiger partial charge in [0.15, 0.2) is 6.23 Å². The molecule has 1 N–H and O–H groups in total. The maximum absolute atomic E-state index is 13.1. The number of hydrogen-bond acceptors (Lipinski definition) is 3. The molecule has 3 aliphatic heterocycles. The number of fused-ring (bicyclic) bond motifs is 13. The van der Waals surface area contributed by atoms with E-state index in [1.54, 1.807) is 0 Å². The van der Waals surface area contributed by atoms with Crippen molar-refractivity contribution in [2.75, 3.05) is 13.2 Å². The summed E-state index contributed by atoms with van der Waals surface area (Å²) in [5, 5.41) is 5.49. The molecular formula is C25H18N2O3. The number of para-hydroxylation sites is 1. The summed E-state index contributed by atoms with van der Waals surface area (Å²) in [6.45, 7) is 1.69. The standard InChI is InChI=1S/C25H18N2O3/c28-25-22-15(9-26-25)19-14-7-3-4-8-16(14)27-18-11-29-10-17(30-18)20-12-5-1-2-6-13(12)21(22)23(20)24(19)27/h1-8,17-18,20H,9-11H2,(H,26,28). The Labute approximate surface area is 172 Å². The van der Waals surface area contributed by atoms with E-state index in [0.717, 1.165) is 27.8 Å². The molecule has 1 fully saturated rings. The quantitative estimate of drug-likeness (QED) is 0.489. The predicted molar refractivity (Wildman–Crippen MR) is 113 cm³/mol. The summed E-state index contributed by atoms with van der Waals surface area (Å²) in [5.41, 5.74) is 9.11. The summed E-state index contributed by atoms with van der Waals surface area (Å²) in [7, 11) is 0. The Bertz CT molecular complexity index is 1450. The second-order valence-corrected chi connectivity index (χ2v) is 8.67. The molecule has 0 radical (unpaired) electrons. The monoisotopic (exact) mass is 394 g/mol. The van der Waals surface area contributed by atoms with Crippen LogP contribution in [0.25, 0.3) is 32.9 Å². The summed E-state index contributed by atoms with van der Waals surface area (Å²) < 4.78 is 15.1. The normalized spacial score (nSPS) is 25.3. The van der Waals surface area contributed by atoms with Gasteiger partial charge in [-0.25, -0.2) is 0 Å². The summed E-state index contributed by atoms with van der Waals surface area (Å²) >= 11 is 0. The highest BCUT2D eigenvalue weighted by Crippen LogP contribution is 2.57. The Morgan fingerprint density at radius 3 is 2.83 bits per heavy atom. The number of rotatable bonds is 0. The Balaban J connectivity index is 1.69. The summed E-state index contributed by atoms with van der Waals surface area (Å²) in [4.78, 5) is 13.1. The Hall–Kier alpha value is -3.15. The van der Waals surface area contributed by atoms with Crippen LogP contribution in [-0.2, 0) is 16.0 Å². The van der Waals surface area contributed by atoms with Crippen LogP contribution in [0.3, 0.4) is 0 Å². The Morgan fingerprint density at radius 2 is 1.87 bits per heavy atom. The van der Waals surface area contributed by atoms with Gasteiger partial charge in [-0.3, -0.25) is 4.79 Å². The Morgan fingerprint density at radius 1 is 1.00 bits per heavy atom. The highest BCUT2D eigenvalue weighted by atomic mass is 16.6. The fraction of sp³-hybridized carbons (Fsp3) is 0.240. The topological polar surface area (TPSA) is 52.5 Å². The van der Waals surface area contributed by atoms with Crippen LogP contribution < -0.4 is 5.32 Å². The largest absolute Gasteiger partial charge is 0.374 e. The number of carbonyl (C=O) groups is 1. The molecular weight excluding hydrogens is 376 g/mol. The molecule has 3 unspecified atom stereocenters. The van der Waals surface area contributed by atoms with Gasteiger partial charge in [0.1, 0.15) is 0 Å². The van der Waals surface area contributed by atoms with Crippen molar-refractivity contribution in [3.63, 3.8) is 0 Å². The fourth-order valence-electron chi connectivity index (χ4n) is 6.34. The molecule has 2 bridgehead atoms. The molecule has 0 saturated carbocycles. The molecule has 4 heterocycles. The van der Waals surface area contributed by atoms with Crippen molar-refractivity contribution in [2.24, 2.45) is 0 Å². The molecule has 4 aromatic rings. The highest BCUT2D eigenvalue weighted by molar-refractivity contribution is 6.20. The van der Waals surface area contributed by atoms with Crippen LogP contribution in [0.1, 0.15) is 39.2 Å².